The minimum absolute atomic E-state index is 0.215. The van der Waals surface area contributed by atoms with Crippen molar-refractivity contribution in [1.82, 2.24) is 10.2 Å². The van der Waals surface area contributed by atoms with Gasteiger partial charge in [0.2, 0.25) is 0 Å². The van der Waals surface area contributed by atoms with Gasteiger partial charge in [0.05, 0.1) is 19.9 Å². The summed E-state index contributed by atoms with van der Waals surface area (Å²) < 4.78 is 10.5. The van der Waals surface area contributed by atoms with E-state index in [1.807, 2.05) is 0 Å². The van der Waals surface area contributed by atoms with Gasteiger partial charge in [-0.3, -0.25) is 4.79 Å². The van der Waals surface area contributed by atoms with Crippen molar-refractivity contribution in [2.75, 3.05) is 14.2 Å². The number of benzene rings is 1. The van der Waals surface area contributed by atoms with E-state index in [9.17, 15) is 4.79 Å². The smallest absolute Gasteiger partial charge is 0.264 e. The molecule has 0 atom stereocenters. The van der Waals surface area contributed by atoms with Crippen LogP contribution >= 0.6 is 0 Å². The molecule has 0 saturated carbocycles. The van der Waals surface area contributed by atoms with Crippen LogP contribution in [0.3, 0.4) is 0 Å². The topological polar surface area (TPSA) is 90.2 Å². The van der Waals surface area contributed by atoms with Gasteiger partial charge in [-0.1, -0.05) is 0 Å². The highest BCUT2D eigenvalue weighted by Gasteiger charge is 2.13. The van der Waals surface area contributed by atoms with Gasteiger partial charge in [-0.15, -0.1) is 0 Å². The Morgan fingerprint density at radius 2 is 2.05 bits per heavy atom. The fraction of sp³-hybridized carbons (Fsp3) is 0.231. The molecule has 0 unspecified atom stereocenters. The summed E-state index contributed by atoms with van der Waals surface area (Å²) in [6, 6.07) is 6.79. The lowest BCUT2D eigenvalue weighted by Gasteiger charge is -2.12. The maximum Gasteiger partial charge on any atom is 0.264 e. The number of H-pyrrole nitrogens is 1. The van der Waals surface area contributed by atoms with E-state index >= 15 is 0 Å². The molecule has 1 aromatic heterocycles. The monoisotopic (exact) mass is 261 g/mol. The summed E-state index contributed by atoms with van der Waals surface area (Å²) in [5, 5.41) is 6.45. The molecule has 0 aliphatic carbocycles. The number of aromatic amines is 1. The van der Waals surface area contributed by atoms with E-state index in [4.69, 9.17) is 15.2 Å². The minimum atomic E-state index is -0.286. The van der Waals surface area contributed by atoms with Crippen LogP contribution in [0, 0.1) is 0 Å². The second-order valence-corrected chi connectivity index (χ2v) is 3.88. The van der Waals surface area contributed by atoms with E-state index in [1.165, 1.54) is 6.07 Å². The molecule has 0 bridgehead atoms. The Labute approximate surface area is 110 Å². The third-order valence-corrected chi connectivity index (χ3v) is 2.77. The molecule has 0 aliphatic rings. The van der Waals surface area contributed by atoms with E-state index in [2.05, 4.69) is 10.2 Å². The fourth-order valence-electron chi connectivity index (χ4n) is 1.83. The molecule has 0 amide bonds. The molecule has 0 aliphatic heterocycles. The number of nitrogens with zero attached hydrogens (tertiary/aromatic N) is 1. The quantitative estimate of drug-likeness (QED) is 0.853. The maximum atomic E-state index is 11.3. The Hall–Kier alpha value is -2.34. The van der Waals surface area contributed by atoms with Crippen molar-refractivity contribution in [3.8, 4) is 22.8 Å². The lowest BCUT2D eigenvalue weighted by molar-refractivity contribution is 0.404. The highest BCUT2D eigenvalue weighted by Crippen LogP contribution is 2.33. The molecule has 19 heavy (non-hydrogen) atoms. The van der Waals surface area contributed by atoms with Gasteiger partial charge < -0.3 is 15.2 Å². The summed E-state index contributed by atoms with van der Waals surface area (Å²) in [5.41, 5.74) is 7.32. The van der Waals surface area contributed by atoms with Crippen LogP contribution in [0.25, 0.3) is 11.3 Å². The number of methoxy groups -OCH3 is 2. The molecule has 6 nitrogen and oxygen atoms in total. The van der Waals surface area contributed by atoms with Gasteiger partial charge in [0.15, 0.2) is 0 Å². The fourth-order valence-corrected chi connectivity index (χ4v) is 1.83. The van der Waals surface area contributed by atoms with Gasteiger partial charge in [0, 0.05) is 18.2 Å². The van der Waals surface area contributed by atoms with E-state index in [0.29, 0.717) is 22.8 Å². The number of nitrogens with one attached hydrogen (secondary N) is 1. The highest BCUT2D eigenvalue weighted by molar-refractivity contribution is 5.71. The summed E-state index contributed by atoms with van der Waals surface area (Å²) in [6.45, 7) is 0.215. The molecular weight excluding hydrogens is 246 g/mol. The summed E-state index contributed by atoms with van der Waals surface area (Å²) in [6.07, 6.45) is 0. The Morgan fingerprint density at radius 1 is 1.26 bits per heavy atom. The van der Waals surface area contributed by atoms with Crippen molar-refractivity contribution < 1.29 is 9.47 Å². The predicted octanol–water partition coefficient (Wildman–Crippen LogP) is 0.913. The highest BCUT2D eigenvalue weighted by atomic mass is 16.5. The Kier molecular flexibility index (Phi) is 3.82. The molecule has 0 radical (unpaired) electrons. The second kappa shape index (κ2) is 5.53. The minimum Gasteiger partial charge on any atom is -0.497 e. The average molecular weight is 261 g/mol. The lowest BCUT2D eigenvalue weighted by atomic mass is 10.1. The van der Waals surface area contributed by atoms with Gasteiger partial charge in [-0.25, -0.2) is 5.10 Å². The third kappa shape index (κ3) is 2.58. The van der Waals surface area contributed by atoms with Crippen molar-refractivity contribution >= 4 is 0 Å². The van der Waals surface area contributed by atoms with Crippen LogP contribution in [0.1, 0.15) is 5.56 Å². The lowest BCUT2D eigenvalue weighted by Crippen LogP contribution is -2.13. The number of hydrogen-bond acceptors (Lipinski definition) is 5. The van der Waals surface area contributed by atoms with Gasteiger partial charge >= 0.3 is 0 Å². The van der Waals surface area contributed by atoms with Crippen LogP contribution in [-0.4, -0.2) is 24.4 Å². The molecule has 0 saturated heterocycles. The average Bonchev–Trinajstić information content (AvgIpc) is 2.46. The van der Waals surface area contributed by atoms with Crippen molar-refractivity contribution in [1.29, 1.82) is 0 Å². The molecule has 6 heteroatoms. The molecule has 1 aromatic carbocycles. The standard InChI is InChI=1S/C13H15N3O3/c1-18-9-3-4-11(19-2)10(6-9)13-8(7-14)5-12(17)15-16-13/h3-6H,7,14H2,1-2H3,(H,15,17). The van der Waals surface area contributed by atoms with Crippen molar-refractivity contribution in [3.05, 3.63) is 40.2 Å². The second-order valence-electron chi connectivity index (χ2n) is 3.88. The maximum absolute atomic E-state index is 11.3. The van der Waals surface area contributed by atoms with E-state index in [1.54, 1.807) is 32.4 Å². The number of nitrogens with two attached hydrogens (primary N) is 1. The molecular formula is C13H15N3O3. The van der Waals surface area contributed by atoms with Crippen LogP contribution in [0.5, 0.6) is 11.5 Å². The van der Waals surface area contributed by atoms with Gasteiger partial charge in [-0.05, 0) is 23.8 Å². The molecule has 2 rings (SSSR count). The number of aromatic nitrogens is 2. The van der Waals surface area contributed by atoms with Crippen molar-refractivity contribution in [2.45, 2.75) is 6.54 Å². The summed E-state index contributed by atoms with van der Waals surface area (Å²) in [5.74, 6) is 1.31. The van der Waals surface area contributed by atoms with Crippen molar-refractivity contribution in [2.24, 2.45) is 5.73 Å². The number of hydrogen-bond donors (Lipinski definition) is 2. The van der Waals surface area contributed by atoms with Crippen LogP contribution < -0.4 is 20.8 Å². The van der Waals surface area contributed by atoms with Gasteiger partial charge in [-0.2, -0.15) is 5.10 Å². The van der Waals surface area contributed by atoms with Gasteiger partial charge in [0.25, 0.3) is 5.56 Å². The SMILES string of the molecule is COc1ccc(OC)c(-c2n[nH]c(=O)cc2CN)c1. The first-order chi connectivity index (χ1) is 9.19. The Morgan fingerprint density at radius 3 is 2.68 bits per heavy atom. The summed E-state index contributed by atoms with van der Waals surface area (Å²) in [4.78, 5) is 11.3. The van der Waals surface area contributed by atoms with Crippen molar-refractivity contribution in [3.63, 3.8) is 0 Å². The van der Waals surface area contributed by atoms with Gasteiger partial charge in [0.1, 0.15) is 11.5 Å². The zero-order valence-electron chi connectivity index (χ0n) is 10.8. The van der Waals surface area contributed by atoms with Crippen LogP contribution in [0.2, 0.25) is 0 Å². The zero-order valence-corrected chi connectivity index (χ0v) is 10.8. The first-order valence-electron chi connectivity index (χ1n) is 5.70. The first kappa shape index (κ1) is 13.1. The Bertz CT molecular complexity index is 637. The first-order valence-corrected chi connectivity index (χ1v) is 5.70. The third-order valence-electron chi connectivity index (χ3n) is 2.77. The zero-order chi connectivity index (χ0) is 13.8. The largest absolute Gasteiger partial charge is 0.497 e. The van der Waals surface area contributed by atoms with E-state index < -0.39 is 0 Å². The van der Waals surface area contributed by atoms with E-state index in [-0.39, 0.29) is 12.1 Å². The van der Waals surface area contributed by atoms with Crippen LogP contribution in [0.15, 0.2) is 29.1 Å². The molecule has 100 valence electrons. The molecule has 1 heterocycles. The molecule has 3 N–H and O–H groups in total. The molecule has 0 fully saturated rings. The summed E-state index contributed by atoms with van der Waals surface area (Å²) >= 11 is 0. The summed E-state index contributed by atoms with van der Waals surface area (Å²) in [7, 11) is 3.15. The molecule has 0 spiro atoms. The number of ether oxygens (including phenoxy) is 2. The number of rotatable bonds is 4. The van der Waals surface area contributed by atoms with Crippen LogP contribution in [-0.2, 0) is 6.54 Å². The predicted molar refractivity (Wildman–Crippen MR) is 71.3 cm³/mol. The molecule has 2 aromatic rings. The van der Waals surface area contributed by atoms with Crippen LogP contribution in [0.4, 0.5) is 0 Å². The normalized spacial score (nSPS) is 10.3. The van der Waals surface area contributed by atoms with E-state index in [0.717, 1.165) is 5.56 Å². The Balaban J connectivity index is 2.66.